The summed E-state index contributed by atoms with van der Waals surface area (Å²) in [5, 5.41) is 2.90. The number of hydrogen-bond acceptors (Lipinski definition) is 3. The highest BCUT2D eigenvalue weighted by atomic mass is 32.2. The lowest BCUT2D eigenvalue weighted by atomic mass is 10.6. The number of aromatic amines is 1. The number of aromatic nitrogens is 1. The average Bonchev–Trinajstić information content (AvgIpc) is 2.67. The average molecular weight is 217 g/mol. The monoisotopic (exact) mass is 217 g/mol. The number of H-pyrrole nitrogens is 1. The van der Waals surface area contributed by atoms with Crippen LogP contribution in [0.1, 0.15) is 0 Å². The van der Waals surface area contributed by atoms with E-state index in [2.05, 4.69) is 10.3 Å². The van der Waals surface area contributed by atoms with Gasteiger partial charge in [-0.15, -0.1) is 0 Å². The van der Waals surface area contributed by atoms with E-state index in [0.717, 1.165) is 0 Å². The molecule has 0 aliphatic heterocycles. The second-order valence-electron chi connectivity index (χ2n) is 2.98. The van der Waals surface area contributed by atoms with Gasteiger partial charge in [-0.3, -0.25) is 0 Å². The van der Waals surface area contributed by atoms with Crippen LogP contribution < -0.4 is 5.32 Å². The van der Waals surface area contributed by atoms with Crippen molar-refractivity contribution in [2.45, 2.75) is 4.90 Å². The maximum Gasteiger partial charge on any atom is 0.244 e. The Morgan fingerprint density at radius 1 is 1.57 bits per heavy atom. The van der Waals surface area contributed by atoms with Crippen LogP contribution in [0.2, 0.25) is 0 Å². The first-order valence-corrected chi connectivity index (χ1v) is 5.77. The standard InChI is InChI=1S/C8H15N3O2S/c1-9-5-6-11(2)14(12,13)8-3-4-10-7-8/h3-4,7,9-10H,5-6H2,1-2H3. The lowest BCUT2D eigenvalue weighted by Gasteiger charge is -2.15. The van der Waals surface area contributed by atoms with E-state index in [9.17, 15) is 8.42 Å². The minimum Gasteiger partial charge on any atom is -0.366 e. The highest BCUT2D eigenvalue weighted by Gasteiger charge is 2.19. The van der Waals surface area contributed by atoms with Crippen LogP contribution in [-0.2, 0) is 10.0 Å². The van der Waals surface area contributed by atoms with Crippen molar-refractivity contribution in [2.75, 3.05) is 27.2 Å². The molecule has 1 heterocycles. The summed E-state index contributed by atoms with van der Waals surface area (Å²) >= 11 is 0. The molecule has 5 nitrogen and oxygen atoms in total. The topological polar surface area (TPSA) is 65.2 Å². The Morgan fingerprint density at radius 2 is 2.29 bits per heavy atom. The molecule has 0 amide bonds. The Labute approximate surface area is 84.2 Å². The number of hydrogen-bond donors (Lipinski definition) is 2. The fourth-order valence-electron chi connectivity index (χ4n) is 1.04. The molecule has 0 fully saturated rings. The number of rotatable bonds is 5. The van der Waals surface area contributed by atoms with Crippen molar-refractivity contribution in [2.24, 2.45) is 0 Å². The molecule has 6 heteroatoms. The molecule has 1 aromatic heterocycles. The van der Waals surface area contributed by atoms with Crippen LogP contribution in [0.3, 0.4) is 0 Å². The third-order valence-electron chi connectivity index (χ3n) is 1.95. The molecule has 0 saturated carbocycles. The Morgan fingerprint density at radius 3 is 2.79 bits per heavy atom. The van der Waals surface area contributed by atoms with E-state index in [4.69, 9.17) is 0 Å². The Balaban J connectivity index is 2.76. The maximum atomic E-state index is 11.8. The summed E-state index contributed by atoms with van der Waals surface area (Å²) in [4.78, 5) is 3.03. The van der Waals surface area contributed by atoms with Gasteiger partial charge in [0.2, 0.25) is 10.0 Å². The van der Waals surface area contributed by atoms with Crippen molar-refractivity contribution in [1.82, 2.24) is 14.6 Å². The van der Waals surface area contributed by atoms with Crippen molar-refractivity contribution in [3.05, 3.63) is 18.5 Å². The van der Waals surface area contributed by atoms with E-state index >= 15 is 0 Å². The molecule has 0 unspecified atom stereocenters. The molecule has 1 aromatic rings. The first kappa shape index (κ1) is 11.2. The molecule has 0 aliphatic carbocycles. The van der Waals surface area contributed by atoms with Gasteiger partial charge in [0.15, 0.2) is 0 Å². The smallest absolute Gasteiger partial charge is 0.244 e. The minimum atomic E-state index is -3.31. The third kappa shape index (κ3) is 2.34. The number of sulfonamides is 1. The summed E-state index contributed by atoms with van der Waals surface area (Å²) in [5.74, 6) is 0. The van der Waals surface area contributed by atoms with Crippen LogP contribution in [0.5, 0.6) is 0 Å². The van der Waals surface area contributed by atoms with E-state index in [1.807, 2.05) is 0 Å². The number of nitrogens with zero attached hydrogens (tertiary/aromatic N) is 1. The quantitative estimate of drug-likeness (QED) is 0.721. The summed E-state index contributed by atoms with van der Waals surface area (Å²) in [5.41, 5.74) is 0. The van der Waals surface area contributed by atoms with Crippen LogP contribution in [0.25, 0.3) is 0 Å². The molecule has 0 spiro atoms. The zero-order valence-corrected chi connectivity index (χ0v) is 9.13. The van der Waals surface area contributed by atoms with Gasteiger partial charge in [-0.05, 0) is 13.1 Å². The second kappa shape index (κ2) is 4.59. The van der Waals surface area contributed by atoms with Gasteiger partial charge in [-0.25, -0.2) is 8.42 Å². The molecular formula is C8H15N3O2S. The van der Waals surface area contributed by atoms with Gasteiger partial charge in [-0.1, -0.05) is 0 Å². The predicted molar refractivity (Wildman–Crippen MR) is 54.5 cm³/mol. The van der Waals surface area contributed by atoms with E-state index < -0.39 is 10.0 Å². The van der Waals surface area contributed by atoms with E-state index in [1.165, 1.54) is 10.5 Å². The van der Waals surface area contributed by atoms with Crippen LogP contribution in [-0.4, -0.2) is 44.9 Å². The zero-order chi connectivity index (χ0) is 10.6. The van der Waals surface area contributed by atoms with Gasteiger partial charge in [0.1, 0.15) is 0 Å². The van der Waals surface area contributed by atoms with Gasteiger partial charge in [-0.2, -0.15) is 4.31 Å². The van der Waals surface area contributed by atoms with Gasteiger partial charge < -0.3 is 10.3 Å². The van der Waals surface area contributed by atoms with Gasteiger partial charge in [0, 0.05) is 32.5 Å². The molecule has 0 aliphatic rings. The first-order chi connectivity index (χ1) is 6.59. The lowest BCUT2D eigenvalue weighted by Crippen LogP contribution is -2.32. The van der Waals surface area contributed by atoms with E-state index in [0.29, 0.717) is 18.0 Å². The first-order valence-electron chi connectivity index (χ1n) is 4.33. The Bertz CT molecular complexity index is 358. The SMILES string of the molecule is CNCCN(C)S(=O)(=O)c1cc[nH]c1. The van der Waals surface area contributed by atoms with Gasteiger partial charge >= 0.3 is 0 Å². The molecule has 14 heavy (non-hydrogen) atoms. The summed E-state index contributed by atoms with van der Waals surface area (Å²) in [7, 11) is 0.0518. The fraction of sp³-hybridized carbons (Fsp3) is 0.500. The van der Waals surface area contributed by atoms with Crippen molar-refractivity contribution in [1.29, 1.82) is 0 Å². The van der Waals surface area contributed by atoms with Crippen LogP contribution in [0.15, 0.2) is 23.4 Å². The summed E-state index contributed by atoms with van der Waals surface area (Å²) < 4.78 is 24.9. The molecule has 80 valence electrons. The maximum absolute atomic E-state index is 11.8. The molecule has 2 N–H and O–H groups in total. The molecular weight excluding hydrogens is 202 g/mol. The van der Waals surface area contributed by atoms with Crippen molar-refractivity contribution < 1.29 is 8.42 Å². The number of nitrogens with one attached hydrogen (secondary N) is 2. The lowest BCUT2D eigenvalue weighted by molar-refractivity contribution is 0.466. The van der Waals surface area contributed by atoms with Crippen LogP contribution >= 0.6 is 0 Å². The van der Waals surface area contributed by atoms with Crippen molar-refractivity contribution in [3.8, 4) is 0 Å². The second-order valence-corrected chi connectivity index (χ2v) is 5.02. The third-order valence-corrected chi connectivity index (χ3v) is 3.81. The summed E-state index contributed by atoms with van der Waals surface area (Å²) in [6, 6.07) is 1.55. The zero-order valence-electron chi connectivity index (χ0n) is 8.32. The highest BCUT2D eigenvalue weighted by Crippen LogP contribution is 2.11. The van der Waals surface area contributed by atoms with Crippen LogP contribution in [0, 0.1) is 0 Å². The predicted octanol–water partition coefficient (Wildman–Crippen LogP) is -0.145. The molecule has 0 saturated heterocycles. The molecule has 0 bridgehead atoms. The van der Waals surface area contributed by atoms with E-state index in [1.54, 1.807) is 26.4 Å². The Hall–Kier alpha value is -0.850. The molecule has 0 aromatic carbocycles. The van der Waals surface area contributed by atoms with Crippen LogP contribution in [0.4, 0.5) is 0 Å². The largest absolute Gasteiger partial charge is 0.366 e. The molecule has 1 rings (SSSR count). The molecule has 0 radical (unpaired) electrons. The van der Waals surface area contributed by atoms with E-state index in [-0.39, 0.29) is 0 Å². The highest BCUT2D eigenvalue weighted by molar-refractivity contribution is 7.89. The fourth-order valence-corrected chi connectivity index (χ4v) is 2.19. The van der Waals surface area contributed by atoms with Gasteiger partial charge in [0.25, 0.3) is 0 Å². The van der Waals surface area contributed by atoms with Gasteiger partial charge in [0.05, 0.1) is 4.90 Å². The normalized spacial score (nSPS) is 12.2. The Kier molecular flexibility index (Phi) is 3.68. The summed E-state index contributed by atoms with van der Waals surface area (Å²) in [6.07, 6.45) is 3.07. The van der Waals surface area contributed by atoms with Crippen molar-refractivity contribution in [3.63, 3.8) is 0 Å². The number of likely N-dealkylation sites (N-methyl/N-ethyl adjacent to an activating group) is 2. The van der Waals surface area contributed by atoms with Crippen molar-refractivity contribution >= 4 is 10.0 Å². The summed E-state index contributed by atoms with van der Waals surface area (Å²) in [6.45, 7) is 1.10. The molecule has 0 atom stereocenters. The minimum absolute atomic E-state index is 0.302.